The van der Waals surface area contributed by atoms with Crippen LogP contribution in [-0.2, 0) is 4.79 Å². The molecule has 126 valence electrons. The summed E-state index contributed by atoms with van der Waals surface area (Å²) in [5.74, 6) is -0.452. The first-order chi connectivity index (χ1) is 10.9. The van der Waals surface area contributed by atoms with Crippen LogP contribution in [0.15, 0.2) is 18.2 Å². The average Bonchev–Trinajstić information content (AvgIpc) is 2.76. The topological polar surface area (TPSA) is 52.7 Å². The number of hydrogen-bond donors (Lipinski definition) is 1. The third-order valence-electron chi connectivity index (χ3n) is 4.01. The molecule has 1 fully saturated rings. The molecular formula is C16H21ClFN3O2. The number of rotatable bonds is 2. The van der Waals surface area contributed by atoms with E-state index in [4.69, 9.17) is 11.6 Å². The van der Waals surface area contributed by atoms with Crippen molar-refractivity contribution >= 4 is 23.5 Å². The van der Waals surface area contributed by atoms with Gasteiger partial charge in [0.1, 0.15) is 5.82 Å². The van der Waals surface area contributed by atoms with Gasteiger partial charge < -0.3 is 15.1 Å². The summed E-state index contributed by atoms with van der Waals surface area (Å²) in [5, 5.41) is 2.92. The zero-order chi connectivity index (χ0) is 17.0. The molecule has 1 N–H and O–H groups in total. The van der Waals surface area contributed by atoms with E-state index in [9.17, 15) is 14.0 Å². The van der Waals surface area contributed by atoms with Gasteiger partial charge in [0.25, 0.3) is 0 Å². The van der Waals surface area contributed by atoms with Crippen LogP contribution in [0.3, 0.4) is 0 Å². The summed E-state index contributed by atoms with van der Waals surface area (Å²) in [6, 6.07) is 3.93. The van der Waals surface area contributed by atoms with Crippen LogP contribution in [0.2, 0.25) is 5.02 Å². The van der Waals surface area contributed by atoms with Gasteiger partial charge in [0.15, 0.2) is 0 Å². The SMILES string of the molecule is CC(=O)N1CCCN(C(=O)NC(C)c2ccc(F)c(Cl)c2)CC1. The third kappa shape index (κ3) is 4.58. The van der Waals surface area contributed by atoms with E-state index in [0.717, 1.165) is 12.0 Å². The van der Waals surface area contributed by atoms with Crippen LogP contribution in [0.4, 0.5) is 9.18 Å². The number of carbonyl (C=O) groups excluding carboxylic acids is 2. The molecule has 1 aliphatic heterocycles. The second-order valence-corrected chi connectivity index (χ2v) is 6.10. The van der Waals surface area contributed by atoms with Crippen LogP contribution in [0.1, 0.15) is 31.9 Å². The van der Waals surface area contributed by atoms with Gasteiger partial charge in [-0.05, 0) is 31.0 Å². The first-order valence-corrected chi connectivity index (χ1v) is 8.02. The normalized spacial score (nSPS) is 16.7. The maximum atomic E-state index is 13.2. The first kappa shape index (κ1) is 17.5. The van der Waals surface area contributed by atoms with Gasteiger partial charge in [0.2, 0.25) is 5.91 Å². The summed E-state index contributed by atoms with van der Waals surface area (Å²) in [5.41, 5.74) is 0.741. The van der Waals surface area contributed by atoms with Gasteiger partial charge in [-0.1, -0.05) is 17.7 Å². The van der Waals surface area contributed by atoms with Gasteiger partial charge in [0, 0.05) is 33.1 Å². The number of carbonyl (C=O) groups is 2. The number of nitrogens with zero attached hydrogens (tertiary/aromatic N) is 2. The summed E-state index contributed by atoms with van der Waals surface area (Å²) in [4.78, 5) is 27.2. The Morgan fingerprint density at radius 3 is 2.52 bits per heavy atom. The van der Waals surface area contributed by atoms with E-state index in [1.807, 2.05) is 6.92 Å². The zero-order valence-electron chi connectivity index (χ0n) is 13.3. The standard InChI is InChI=1S/C16H21ClFN3O2/c1-11(13-4-5-15(18)14(17)10-13)19-16(23)21-7-3-6-20(8-9-21)12(2)22/h4-5,10-11H,3,6-9H2,1-2H3,(H,19,23). The zero-order valence-corrected chi connectivity index (χ0v) is 14.1. The van der Waals surface area contributed by atoms with E-state index < -0.39 is 5.82 Å². The Labute approximate surface area is 140 Å². The Bertz CT molecular complexity index is 597. The minimum Gasteiger partial charge on any atom is -0.341 e. The third-order valence-corrected chi connectivity index (χ3v) is 4.30. The van der Waals surface area contributed by atoms with E-state index in [1.54, 1.807) is 15.9 Å². The summed E-state index contributed by atoms with van der Waals surface area (Å²) in [7, 11) is 0. The molecule has 1 unspecified atom stereocenters. The summed E-state index contributed by atoms with van der Waals surface area (Å²) < 4.78 is 13.2. The maximum Gasteiger partial charge on any atom is 0.317 e. The lowest BCUT2D eigenvalue weighted by Crippen LogP contribution is -2.43. The molecule has 1 heterocycles. The summed E-state index contributed by atoms with van der Waals surface area (Å²) in [6.07, 6.45) is 0.754. The van der Waals surface area contributed by atoms with E-state index >= 15 is 0 Å². The molecule has 0 spiro atoms. The van der Waals surface area contributed by atoms with E-state index in [2.05, 4.69) is 5.32 Å². The lowest BCUT2D eigenvalue weighted by atomic mass is 10.1. The Kier molecular flexibility index (Phi) is 5.82. The van der Waals surface area contributed by atoms with Crippen molar-refractivity contribution in [2.24, 2.45) is 0 Å². The monoisotopic (exact) mass is 341 g/mol. The van der Waals surface area contributed by atoms with Crippen molar-refractivity contribution in [2.45, 2.75) is 26.3 Å². The summed E-state index contributed by atoms with van der Waals surface area (Å²) >= 11 is 5.77. The highest BCUT2D eigenvalue weighted by Crippen LogP contribution is 2.21. The fraction of sp³-hybridized carbons (Fsp3) is 0.500. The van der Waals surface area contributed by atoms with Crippen molar-refractivity contribution in [2.75, 3.05) is 26.2 Å². The molecule has 2 rings (SSSR count). The van der Waals surface area contributed by atoms with Crippen LogP contribution >= 0.6 is 11.6 Å². The minimum absolute atomic E-state index is 0.0292. The van der Waals surface area contributed by atoms with Crippen molar-refractivity contribution in [3.8, 4) is 0 Å². The Morgan fingerprint density at radius 1 is 1.22 bits per heavy atom. The lowest BCUT2D eigenvalue weighted by molar-refractivity contribution is -0.128. The highest BCUT2D eigenvalue weighted by molar-refractivity contribution is 6.30. The van der Waals surface area contributed by atoms with Gasteiger partial charge in [-0.15, -0.1) is 0 Å². The van der Waals surface area contributed by atoms with Gasteiger partial charge >= 0.3 is 6.03 Å². The van der Waals surface area contributed by atoms with Gasteiger partial charge in [0.05, 0.1) is 11.1 Å². The Morgan fingerprint density at radius 2 is 1.87 bits per heavy atom. The van der Waals surface area contributed by atoms with E-state index in [-0.39, 0.29) is 23.0 Å². The molecule has 0 saturated carbocycles. The second-order valence-electron chi connectivity index (χ2n) is 5.69. The molecule has 1 aliphatic rings. The lowest BCUT2D eigenvalue weighted by Gasteiger charge is -2.24. The van der Waals surface area contributed by atoms with Crippen molar-refractivity contribution in [1.82, 2.24) is 15.1 Å². The highest BCUT2D eigenvalue weighted by atomic mass is 35.5. The van der Waals surface area contributed by atoms with Crippen molar-refractivity contribution in [1.29, 1.82) is 0 Å². The van der Waals surface area contributed by atoms with Crippen molar-refractivity contribution in [3.05, 3.63) is 34.6 Å². The molecule has 5 nitrogen and oxygen atoms in total. The second kappa shape index (κ2) is 7.64. The van der Waals surface area contributed by atoms with E-state index in [0.29, 0.717) is 26.2 Å². The molecule has 23 heavy (non-hydrogen) atoms. The van der Waals surface area contributed by atoms with Gasteiger partial charge in [-0.25, -0.2) is 9.18 Å². The predicted molar refractivity (Wildman–Crippen MR) is 86.8 cm³/mol. The molecule has 1 saturated heterocycles. The Hall–Kier alpha value is -1.82. The predicted octanol–water partition coefficient (Wildman–Crippen LogP) is 2.80. The van der Waals surface area contributed by atoms with Crippen LogP contribution in [0.25, 0.3) is 0 Å². The van der Waals surface area contributed by atoms with Gasteiger partial charge in [-0.3, -0.25) is 4.79 Å². The molecule has 0 bridgehead atoms. The van der Waals surface area contributed by atoms with E-state index in [1.165, 1.54) is 19.1 Å². The number of urea groups is 1. The number of hydrogen-bond acceptors (Lipinski definition) is 2. The van der Waals surface area contributed by atoms with Crippen LogP contribution < -0.4 is 5.32 Å². The van der Waals surface area contributed by atoms with Crippen molar-refractivity contribution in [3.63, 3.8) is 0 Å². The summed E-state index contributed by atoms with van der Waals surface area (Å²) in [6.45, 7) is 5.67. The molecular weight excluding hydrogens is 321 g/mol. The molecule has 1 aromatic carbocycles. The molecule has 1 atom stereocenters. The largest absolute Gasteiger partial charge is 0.341 e. The van der Waals surface area contributed by atoms with Crippen LogP contribution in [0, 0.1) is 5.82 Å². The number of nitrogens with one attached hydrogen (secondary N) is 1. The van der Waals surface area contributed by atoms with Crippen molar-refractivity contribution < 1.29 is 14.0 Å². The smallest absolute Gasteiger partial charge is 0.317 e. The molecule has 7 heteroatoms. The minimum atomic E-state index is -0.481. The molecule has 0 aromatic heterocycles. The first-order valence-electron chi connectivity index (χ1n) is 7.64. The Balaban J connectivity index is 1.95. The molecule has 0 radical (unpaired) electrons. The quantitative estimate of drug-likeness (QED) is 0.899. The fourth-order valence-corrected chi connectivity index (χ4v) is 2.77. The van der Waals surface area contributed by atoms with Crippen LogP contribution in [0.5, 0.6) is 0 Å². The maximum absolute atomic E-state index is 13.2. The number of benzene rings is 1. The molecule has 3 amide bonds. The highest BCUT2D eigenvalue weighted by Gasteiger charge is 2.21. The fourth-order valence-electron chi connectivity index (χ4n) is 2.58. The number of halogens is 2. The van der Waals surface area contributed by atoms with Crippen LogP contribution in [-0.4, -0.2) is 47.9 Å². The molecule has 1 aromatic rings. The average molecular weight is 342 g/mol. The molecule has 0 aliphatic carbocycles. The van der Waals surface area contributed by atoms with Gasteiger partial charge in [-0.2, -0.15) is 0 Å². The number of amides is 3.